The number of hydrogen-bond donors (Lipinski definition) is 0. The van der Waals surface area contributed by atoms with E-state index in [1.54, 1.807) is 19.2 Å². The first-order valence-corrected chi connectivity index (χ1v) is 3.54. The molecule has 0 radical (unpaired) electrons. The number of aromatic nitrogens is 1. The lowest BCUT2D eigenvalue weighted by Gasteiger charge is -2.00. The second-order valence-electron chi connectivity index (χ2n) is 2.22. The minimum absolute atomic E-state index is 0.374. The lowest BCUT2D eigenvalue weighted by molar-refractivity contribution is 0.805. The quantitative estimate of drug-likeness (QED) is 0.641. The number of nitrogens with zero attached hydrogens (tertiary/aromatic N) is 2. The summed E-state index contributed by atoms with van der Waals surface area (Å²) >= 11 is 5.64. The van der Waals surface area contributed by atoms with E-state index in [2.05, 4.69) is 10.2 Å². The van der Waals surface area contributed by atoms with Crippen LogP contribution in [0.5, 0.6) is 0 Å². The van der Waals surface area contributed by atoms with E-state index in [9.17, 15) is 4.91 Å². The molecule has 1 atom stereocenters. The Morgan fingerprint density at radius 3 is 2.91 bits per heavy atom. The molecule has 0 aliphatic rings. The molecule has 0 spiro atoms. The summed E-state index contributed by atoms with van der Waals surface area (Å²) in [5, 5.41) is 3.38. The van der Waals surface area contributed by atoms with E-state index in [1.807, 2.05) is 0 Å². The van der Waals surface area contributed by atoms with Crippen LogP contribution in [0.2, 0.25) is 5.02 Å². The summed E-state index contributed by atoms with van der Waals surface area (Å²) in [4.78, 5) is 13.9. The molecule has 0 aromatic carbocycles. The molecule has 1 aromatic heterocycles. The Balaban J connectivity index is 2.95. The minimum atomic E-state index is -0.374. The van der Waals surface area contributed by atoms with Crippen molar-refractivity contribution in [1.29, 1.82) is 0 Å². The van der Waals surface area contributed by atoms with Crippen LogP contribution in [0.15, 0.2) is 23.6 Å². The molecule has 0 saturated carbocycles. The van der Waals surface area contributed by atoms with Crippen LogP contribution in [0.3, 0.4) is 0 Å². The lowest BCUT2D eigenvalue weighted by atomic mass is 10.2. The van der Waals surface area contributed by atoms with Gasteiger partial charge in [-0.1, -0.05) is 16.8 Å². The fourth-order valence-corrected chi connectivity index (χ4v) is 0.900. The molecule has 1 aromatic rings. The van der Waals surface area contributed by atoms with Crippen molar-refractivity contribution >= 4 is 11.6 Å². The molecule has 0 amide bonds. The monoisotopic (exact) mass is 170 g/mol. The van der Waals surface area contributed by atoms with Gasteiger partial charge in [0.25, 0.3) is 0 Å². The zero-order valence-corrected chi connectivity index (χ0v) is 6.75. The Kier molecular flexibility index (Phi) is 2.54. The summed E-state index contributed by atoms with van der Waals surface area (Å²) in [7, 11) is 0. The van der Waals surface area contributed by atoms with Crippen molar-refractivity contribution < 1.29 is 0 Å². The smallest absolute Gasteiger partial charge is 0.116 e. The summed E-state index contributed by atoms with van der Waals surface area (Å²) in [6, 6.07) is 1.31. The van der Waals surface area contributed by atoms with E-state index >= 15 is 0 Å². The molecule has 1 rings (SSSR count). The molecule has 58 valence electrons. The average Bonchev–Trinajstić information content (AvgIpc) is 2.03. The van der Waals surface area contributed by atoms with Gasteiger partial charge in [0, 0.05) is 12.4 Å². The summed E-state index contributed by atoms with van der Waals surface area (Å²) in [6.45, 7) is 1.69. The van der Waals surface area contributed by atoms with Gasteiger partial charge in [0.15, 0.2) is 0 Å². The molecule has 1 unspecified atom stereocenters. The maximum Gasteiger partial charge on any atom is 0.116 e. The van der Waals surface area contributed by atoms with E-state index < -0.39 is 0 Å². The Hall–Kier alpha value is -0.960. The predicted octanol–water partition coefficient (Wildman–Crippen LogP) is 2.56. The molecule has 0 aliphatic heterocycles. The highest BCUT2D eigenvalue weighted by molar-refractivity contribution is 6.30. The molecule has 0 fully saturated rings. The number of halogens is 1. The Labute approximate surface area is 69.4 Å². The summed E-state index contributed by atoms with van der Waals surface area (Å²) in [5.74, 6) is 0. The fourth-order valence-electron chi connectivity index (χ4n) is 0.718. The third-order valence-corrected chi connectivity index (χ3v) is 1.57. The van der Waals surface area contributed by atoms with Crippen LogP contribution in [0.1, 0.15) is 18.5 Å². The largest absolute Gasteiger partial charge is 0.263 e. The van der Waals surface area contributed by atoms with Gasteiger partial charge in [-0.2, -0.15) is 4.91 Å². The summed E-state index contributed by atoms with van der Waals surface area (Å²) in [5.41, 5.74) is 0.743. The highest BCUT2D eigenvalue weighted by atomic mass is 35.5. The minimum Gasteiger partial charge on any atom is -0.263 e. The molecule has 0 saturated heterocycles. The second-order valence-corrected chi connectivity index (χ2v) is 2.65. The number of rotatable bonds is 2. The van der Waals surface area contributed by atoms with Gasteiger partial charge in [-0.3, -0.25) is 4.98 Å². The molecular weight excluding hydrogens is 164 g/mol. The van der Waals surface area contributed by atoms with Crippen molar-refractivity contribution in [2.75, 3.05) is 0 Å². The molecule has 1 heterocycles. The van der Waals surface area contributed by atoms with Crippen molar-refractivity contribution in [2.24, 2.45) is 5.18 Å². The van der Waals surface area contributed by atoms with Gasteiger partial charge in [-0.15, -0.1) is 0 Å². The highest BCUT2D eigenvalue weighted by Crippen LogP contribution is 2.17. The van der Waals surface area contributed by atoms with Crippen LogP contribution < -0.4 is 0 Å². The van der Waals surface area contributed by atoms with E-state index in [0.717, 1.165) is 5.56 Å². The van der Waals surface area contributed by atoms with Crippen molar-refractivity contribution in [3.63, 3.8) is 0 Å². The van der Waals surface area contributed by atoms with Crippen molar-refractivity contribution in [3.05, 3.63) is 34.0 Å². The molecule has 4 heteroatoms. The van der Waals surface area contributed by atoms with E-state index in [1.165, 1.54) is 6.20 Å². The second kappa shape index (κ2) is 3.44. The van der Waals surface area contributed by atoms with Gasteiger partial charge < -0.3 is 0 Å². The Morgan fingerprint density at radius 1 is 1.64 bits per heavy atom. The van der Waals surface area contributed by atoms with Crippen molar-refractivity contribution in [3.8, 4) is 0 Å². The maximum absolute atomic E-state index is 10.1. The van der Waals surface area contributed by atoms with Crippen LogP contribution in [0.4, 0.5) is 0 Å². The number of nitroso groups, excluding NO2 is 1. The Bertz CT molecular complexity index is 264. The normalized spacial score (nSPS) is 12.5. The van der Waals surface area contributed by atoms with Crippen LogP contribution >= 0.6 is 11.6 Å². The van der Waals surface area contributed by atoms with E-state index in [-0.39, 0.29) is 6.04 Å². The Morgan fingerprint density at radius 2 is 2.36 bits per heavy atom. The fraction of sp³-hybridized carbons (Fsp3) is 0.286. The van der Waals surface area contributed by atoms with Gasteiger partial charge in [0.05, 0.1) is 5.02 Å². The molecule has 11 heavy (non-hydrogen) atoms. The number of pyridine rings is 1. The maximum atomic E-state index is 10.1. The third kappa shape index (κ3) is 1.98. The molecule has 3 nitrogen and oxygen atoms in total. The van der Waals surface area contributed by atoms with Crippen molar-refractivity contribution in [1.82, 2.24) is 4.98 Å². The molecular formula is C7H7ClN2O. The molecule has 0 N–H and O–H groups in total. The zero-order chi connectivity index (χ0) is 8.27. The van der Waals surface area contributed by atoms with Crippen LogP contribution in [0.25, 0.3) is 0 Å². The zero-order valence-electron chi connectivity index (χ0n) is 5.99. The van der Waals surface area contributed by atoms with E-state index in [0.29, 0.717) is 5.02 Å². The first kappa shape index (κ1) is 8.14. The van der Waals surface area contributed by atoms with Crippen LogP contribution in [0, 0.1) is 4.91 Å². The first-order chi connectivity index (χ1) is 5.24. The summed E-state index contributed by atoms with van der Waals surface area (Å²) < 4.78 is 0. The molecule has 0 bridgehead atoms. The van der Waals surface area contributed by atoms with Crippen molar-refractivity contribution in [2.45, 2.75) is 13.0 Å². The first-order valence-electron chi connectivity index (χ1n) is 3.17. The number of hydrogen-bond acceptors (Lipinski definition) is 3. The third-order valence-electron chi connectivity index (χ3n) is 1.37. The standard InChI is InChI=1S/C7H7ClN2O/c1-5(10-11)6-2-7(8)4-9-3-6/h2-5H,1H3. The van der Waals surface area contributed by atoms with Gasteiger partial charge in [0.1, 0.15) is 6.04 Å². The topological polar surface area (TPSA) is 42.3 Å². The average molecular weight is 171 g/mol. The van der Waals surface area contributed by atoms with Crippen LogP contribution in [-0.4, -0.2) is 4.98 Å². The van der Waals surface area contributed by atoms with Crippen LogP contribution in [-0.2, 0) is 0 Å². The lowest BCUT2D eigenvalue weighted by Crippen LogP contribution is -1.88. The van der Waals surface area contributed by atoms with E-state index in [4.69, 9.17) is 11.6 Å². The highest BCUT2D eigenvalue weighted by Gasteiger charge is 2.04. The SMILES string of the molecule is CC(N=O)c1cncc(Cl)c1. The van der Waals surface area contributed by atoms with Gasteiger partial charge in [-0.05, 0) is 18.6 Å². The van der Waals surface area contributed by atoms with Gasteiger partial charge in [0.2, 0.25) is 0 Å². The predicted molar refractivity (Wildman–Crippen MR) is 43.5 cm³/mol. The van der Waals surface area contributed by atoms with Gasteiger partial charge >= 0.3 is 0 Å². The summed E-state index contributed by atoms with van der Waals surface area (Å²) in [6.07, 6.45) is 3.10. The molecule has 0 aliphatic carbocycles. The van der Waals surface area contributed by atoms with Gasteiger partial charge in [-0.25, -0.2) is 0 Å².